The van der Waals surface area contributed by atoms with Gasteiger partial charge in [-0.1, -0.05) is 20.8 Å². The molecule has 0 rings (SSSR count). The minimum absolute atomic E-state index is 0.180. The molecular weight excluding hydrogens is 170 g/mol. The minimum atomic E-state index is 0.180. The number of hydrogen-bond donors (Lipinski definition) is 1. The van der Waals surface area contributed by atoms with Gasteiger partial charge in [0.05, 0.1) is 0 Å². The number of amides is 1. The van der Waals surface area contributed by atoms with Crippen molar-refractivity contribution in [2.24, 2.45) is 5.41 Å². The van der Waals surface area contributed by atoms with Crippen molar-refractivity contribution >= 4 is 18.5 Å². The molecule has 3 heteroatoms. The summed E-state index contributed by atoms with van der Waals surface area (Å²) in [4.78, 5) is 13.1. The molecule has 0 unspecified atom stereocenters. The smallest absolute Gasteiger partial charge is 0.223 e. The standard InChI is InChI=1S/C9H19NOS/c1-9(2,3)7-10(4)8(11)5-6-12/h12H,5-7H2,1-4H3. The van der Waals surface area contributed by atoms with E-state index in [0.717, 1.165) is 6.54 Å². The monoisotopic (exact) mass is 189 g/mol. The average molecular weight is 189 g/mol. The molecule has 0 saturated carbocycles. The van der Waals surface area contributed by atoms with Gasteiger partial charge in [-0.15, -0.1) is 0 Å². The molecule has 0 aromatic carbocycles. The van der Waals surface area contributed by atoms with Crippen LogP contribution in [0.3, 0.4) is 0 Å². The van der Waals surface area contributed by atoms with Crippen LogP contribution in [0.15, 0.2) is 0 Å². The highest BCUT2D eigenvalue weighted by Crippen LogP contribution is 2.14. The lowest BCUT2D eigenvalue weighted by atomic mass is 9.96. The van der Waals surface area contributed by atoms with Crippen molar-refractivity contribution in [2.45, 2.75) is 27.2 Å². The highest BCUT2D eigenvalue weighted by molar-refractivity contribution is 7.80. The van der Waals surface area contributed by atoms with Gasteiger partial charge in [0.1, 0.15) is 0 Å². The Labute approximate surface area is 80.7 Å². The maximum absolute atomic E-state index is 11.3. The van der Waals surface area contributed by atoms with E-state index in [9.17, 15) is 4.79 Å². The Balaban J connectivity index is 3.87. The van der Waals surface area contributed by atoms with Crippen LogP contribution >= 0.6 is 12.6 Å². The molecule has 0 spiro atoms. The molecule has 0 bridgehead atoms. The van der Waals surface area contributed by atoms with Crippen molar-refractivity contribution < 1.29 is 4.79 Å². The quantitative estimate of drug-likeness (QED) is 0.671. The van der Waals surface area contributed by atoms with Crippen molar-refractivity contribution in [3.05, 3.63) is 0 Å². The lowest BCUT2D eigenvalue weighted by molar-refractivity contribution is -0.130. The van der Waals surface area contributed by atoms with Crippen LogP contribution < -0.4 is 0 Å². The molecule has 72 valence electrons. The van der Waals surface area contributed by atoms with E-state index in [0.29, 0.717) is 12.2 Å². The molecule has 0 aliphatic heterocycles. The number of nitrogens with zero attached hydrogens (tertiary/aromatic N) is 1. The third kappa shape index (κ3) is 5.47. The fourth-order valence-electron chi connectivity index (χ4n) is 1.09. The van der Waals surface area contributed by atoms with Gasteiger partial charge in [0.15, 0.2) is 0 Å². The first-order valence-corrected chi connectivity index (χ1v) is 4.85. The maximum Gasteiger partial charge on any atom is 0.223 e. The van der Waals surface area contributed by atoms with E-state index in [2.05, 4.69) is 33.4 Å². The van der Waals surface area contributed by atoms with Crippen molar-refractivity contribution in [3.8, 4) is 0 Å². The molecule has 0 heterocycles. The van der Waals surface area contributed by atoms with Crippen LogP contribution in [0, 0.1) is 5.41 Å². The molecule has 0 aliphatic rings. The van der Waals surface area contributed by atoms with Crippen molar-refractivity contribution in [3.63, 3.8) is 0 Å². The number of hydrogen-bond acceptors (Lipinski definition) is 2. The molecule has 1 amide bonds. The van der Waals surface area contributed by atoms with Crippen LogP contribution in [0.2, 0.25) is 0 Å². The van der Waals surface area contributed by atoms with Crippen molar-refractivity contribution in [2.75, 3.05) is 19.3 Å². The molecule has 2 nitrogen and oxygen atoms in total. The van der Waals surface area contributed by atoms with E-state index in [-0.39, 0.29) is 11.3 Å². The Bertz CT molecular complexity index is 151. The lowest BCUT2D eigenvalue weighted by Gasteiger charge is -2.26. The topological polar surface area (TPSA) is 20.3 Å². The molecule has 0 atom stereocenters. The summed E-state index contributed by atoms with van der Waals surface area (Å²) in [5.74, 6) is 0.813. The van der Waals surface area contributed by atoms with Gasteiger partial charge in [-0.3, -0.25) is 4.79 Å². The Morgan fingerprint density at radius 3 is 2.25 bits per heavy atom. The lowest BCUT2D eigenvalue weighted by Crippen LogP contribution is -2.34. The summed E-state index contributed by atoms with van der Waals surface area (Å²) in [6.45, 7) is 7.17. The predicted octanol–water partition coefficient (Wildman–Crippen LogP) is 1.81. The van der Waals surface area contributed by atoms with E-state index < -0.39 is 0 Å². The summed E-state index contributed by atoms with van der Waals surface area (Å²) in [6.07, 6.45) is 0.537. The number of carbonyl (C=O) groups excluding carboxylic acids is 1. The van der Waals surface area contributed by atoms with Crippen LogP contribution in [-0.4, -0.2) is 30.2 Å². The van der Waals surface area contributed by atoms with Crippen LogP contribution in [0.25, 0.3) is 0 Å². The second kappa shape index (κ2) is 4.75. The maximum atomic E-state index is 11.3. The van der Waals surface area contributed by atoms with E-state index in [1.54, 1.807) is 4.90 Å². The summed E-state index contributed by atoms with van der Waals surface area (Å²) in [7, 11) is 1.84. The van der Waals surface area contributed by atoms with E-state index in [1.807, 2.05) is 7.05 Å². The van der Waals surface area contributed by atoms with E-state index in [1.165, 1.54) is 0 Å². The molecule has 12 heavy (non-hydrogen) atoms. The van der Waals surface area contributed by atoms with Crippen molar-refractivity contribution in [1.82, 2.24) is 4.90 Å². The summed E-state index contributed by atoms with van der Waals surface area (Å²) < 4.78 is 0. The molecule has 0 aliphatic carbocycles. The van der Waals surface area contributed by atoms with Crippen LogP contribution in [-0.2, 0) is 4.79 Å². The van der Waals surface area contributed by atoms with Gasteiger partial charge in [-0.25, -0.2) is 0 Å². The first-order valence-electron chi connectivity index (χ1n) is 4.21. The first kappa shape index (κ1) is 11.8. The molecule has 0 aromatic heterocycles. The minimum Gasteiger partial charge on any atom is -0.345 e. The summed E-state index contributed by atoms with van der Waals surface area (Å²) >= 11 is 4.02. The van der Waals surface area contributed by atoms with Gasteiger partial charge < -0.3 is 4.90 Å². The predicted molar refractivity (Wildman–Crippen MR) is 55.6 cm³/mol. The van der Waals surface area contributed by atoms with Gasteiger partial charge in [0.25, 0.3) is 0 Å². The largest absolute Gasteiger partial charge is 0.345 e. The second-order valence-electron chi connectivity index (χ2n) is 4.28. The van der Waals surface area contributed by atoms with Crippen molar-refractivity contribution in [1.29, 1.82) is 0 Å². The first-order chi connectivity index (χ1) is 5.37. The zero-order valence-electron chi connectivity index (χ0n) is 8.42. The zero-order valence-corrected chi connectivity index (χ0v) is 9.32. The Morgan fingerprint density at radius 2 is 1.92 bits per heavy atom. The zero-order chi connectivity index (χ0) is 9.78. The number of carbonyl (C=O) groups is 1. The Morgan fingerprint density at radius 1 is 1.42 bits per heavy atom. The second-order valence-corrected chi connectivity index (χ2v) is 4.73. The molecule has 0 radical (unpaired) electrons. The highest BCUT2D eigenvalue weighted by Gasteiger charge is 2.16. The third-order valence-corrected chi connectivity index (χ3v) is 1.69. The fourth-order valence-corrected chi connectivity index (χ4v) is 1.28. The van der Waals surface area contributed by atoms with E-state index >= 15 is 0 Å². The Kier molecular flexibility index (Phi) is 4.68. The summed E-state index contributed by atoms with van der Waals surface area (Å²) in [5, 5.41) is 0. The van der Waals surface area contributed by atoms with Gasteiger partial charge >= 0.3 is 0 Å². The Hall–Kier alpha value is -0.180. The summed E-state index contributed by atoms with van der Waals surface area (Å²) in [5.41, 5.74) is 0.182. The SMILES string of the molecule is CN(CC(C)(C)C)C(=O)CCS. The fraction of sp³-hybridized carbons (Fsp3) is 0.889. The molecule has 0 aromatic rings. The normalized spacial score (nSPS) is 11.4. The highest BCUT2D eigenvalue weighted by atomic mass is 32.1. The van der Waals surface area contributed by atoms with Gasteiger partial charge in [-0.2, -0.15) is 12.6 Å². The molecule has 0 N–H and O–H groups in total. The molecule has 0 saturated heterocycles. The van der Waals surface area contributed by atoms with Crippen LogP contribution in [0.4, 0.5) is 0 Å². The summed E-state index contributed by atoms with van der Waals surface area (Å²) in [6, 6.07) is 0. The molecular formula is C9H19NOS. The third-order valence-electron chi connectivity index (χ3n) is 1.46. The van der Waals surface area contributed by atoms with Gasteiger partial charge in [-0.05, 0) is 11.2 Å². The van der Waals surface area contributed by atoms with Crippen LogP contribution in [0.5, 0.6) is 0 Å². The van der Waals surface area contributed by atoms with Gasteiger partial charge in [0.2, 0.25) is 5.91 Å². The van der Waals surface area contributed by atoms with E-state index in [4.69, 9.17) is 0 Å². The average Bonchev–Trinajstić information content (AvgIpc) is 1.84. The number of rotatable bonds is 3. The number of thiol groups is 1. The molecule has 0 fully saturated rings. The van der Waals surface area contributed by atoms with Gasteiger partial charge in [0, 0.05) is 20.0 Å². The van der Waals surface area contributed by atoms with Crippen LogP contribution in [0.1, 0.15) is 27.2 Å².